The van der Waals surface area contributed by atoms with Gasteiger partial charge in [0.1, 0.15) is 0 Å². The smallest absolute Gasteiger partial charge is 0.222 e. The minimum absolute atomic E-state index is 1.18. The maximum atomic E-state index is 8.49. The van der Waals surface area contributed by atoms with Crippen molar-refractivity contribution in [1.82, 2.24) is 0 Å². The van der Waals surface area contributed by atoms with Crippen molar-refractivity contribution in [1.29, 1.82) is 0 Å². The third kappa shape index (κ3) is 11.3. The van der Waals surface area contributed by atoms with Gasteiger partial charge in [-0.1, -0.05) is 151 Å². The first-order chi connectivity index (χ1) is 23.3. The minimum Gasteiger partial charge on any atom is -0.222 e. The number of benzene rings is 4. The van der Waals surface area contributed by atoms with Gasteiger partial charge in [0.15, 0.2) is 0 Å². The molecule has 48 heavy (non-hydrogen) atoms. The summed E-state index contributed by atoms with van der Waals surface area (Å²) < 4.78 is 34.0. The van der Waals surface area contributed by atoms with Crippen molar-refractivity contribution >= 4 is 39.0 Å². The molecule has 0 N–H and O–H groups in total. The molecule has 2 heterocycles. The van der Waals surface area contributed by atoms with Crippen LogP contribution in [0.5, 0.6) is 0 Å². The second kappa shape index (κ2) is 17.5. The number of hydrogen-bond donors (Lipinski definition) is 0. The van der Waals surface area contributed by atoms with Gasteiger partial charge in [0, 0.05) is 33.1 Å². The van der Waals surface area contributed by atoms with Gasteiger partial charge in [-0.05, 0) is 58.7 Å². The van der Waals surface area contributed by atoms with E-state index in [2.05, 4.69) is 188 Å². The lowest BCUT2D eigenvalue weighted by Gasteiger charge is -2.17. The maximum Gasteiger partial charge on any atom is 0.239 e. The van der Waals surface area contributed by atoms with Gasteiger partial charge in [0.05, 0.1) is 0 Å². The van der Waals surface area contributed by atoms with Crippen LogP contribution in [-0.2, 0) is 0 Å². The van der Waals surface area contributed by atoms with E-state index in [-0.39, 0.29) is 0 Å². The SMILES string of the molecule is C(/C=C/C=C/C=C/c1cc(-c2ccccc2)[s+]c(-c2ccccc2)c1)=C1C=C(c2ccccc2)SC(c2ccccc2)=C1.[O-][Cl+3]([O-])([O-])[O-]. The van der Waals surface area contributed by atoms with Gasteiger partial charge in [0.25, 0.3) is 0 Å². The largest absolute Gasteiger partial charge is 0.239 e. The van der Waals surface area contributed by atoms with Crippen molar-refractivity contribution in [3.63, 3.8) is 0 Å². The van der Waals surface area contributed by atoms with E-state index in [1.165, 1.54) is 53.0 Å². The summed E-state index contributed by atoms with van der Waals surface area (Å²) in [7, 11) is -4.94. The van der Waals surface area contributed by atoms with Crippen LogP contribution in [0.25, 0.3) is 36.8 Å². The Labute approximate surface area is 291 Å². The average molecular weight is 687 g/mol. The first-order valence-electron chi connectivity index (χ1n) is 15.0. The molecule has 6 rings (SSSR count). The Balaban J connectivity index is 0.000000840. The van der Waals surface area contributed by atoms with Gasteiger partial charge in [0.2, 0.25) is 21.1 Å². The van der Waals surface area contributed by atoms with E-state index < -0.39 is 10.2 Å². The van der Waals surface area contributed by atoms with Crippen LogP contribution in [0.3, 0.4) is 0 Å². The molecule has 7 heteroatoms. The quantitative estimate of drug-likeness (QED) is 0.125. The molecule has 238 valence electrons. The summed E-state index contributed by atoms with van der Waals surface area (Å²) >= 11 is 3.65. The number of halogens is 1. The van der Waals surface area contributed by atoms with Gasteiger partial charge in [-0.2, -0.15) is 0 Å². The Kier molecular flexibility index (Phi) is 12.7. The van der Waals surface area contributed by atoms with Crippen LogP contribution in [-0.4, -0.2) is 0 Å². The van der Waals surface area contributed by atoms with Gasteiger partial charge < -0.3 is 0 Å². The zero-order valence-corrected chi connectivity index (χ0v) is 28.1. The molecule has 4 nitrogen and oxygen atoms in total. The average Bonchev–Trinajstić information content (AvgIpc) is 3.12. The normalized spacial score (nSPS) is 13.3. The minimum atomic E-state index is -4.94. The first-order valence-corrected chi connectivity index (χ1v) is 17.8. The summed E-state index contributed by atoms with van der Waals surface area (Å²) in [6, 6.07) is 47.0. The fourth-order valence-corrected chi connectivity index (χ4v) is 7.01. The third-order valence-corrected chi connectivity index (χ3v) is 9.18. The van der Waals surface area contributed by atoms with Crippen LogP contribution in [0.15, 0.2) is 188 Å². The van der Waals surface area contributed by atoms with Crippen molar-refractivity contribution < 1.29 is 28.9 Å². The van der Waals surface area contributed by atoms with Gasteiger partial charge >= 0.3 is 0 Å². The Morgan fingerprint density at radius 2 is 0.854 bits per heavy atom. The molecule has 0 bridgehead atoms. The molecule has 1 aliphatic rings. The summed E-state index contributed by atoms with van der Waals surface area (Å²) in [6.45, 7) is 0. The molecule has 1 aliphatic heterocycles. The molecule has 0 spiro atoms. The van der Waals surface area contributed by atoms with Crippen LogP contribution in [0.2, 0.25) is 0 Å². The fourth-order valence-electron chi connectivity index (χ4n) is 4.74. The molecular formula is C41H31ClO4S2. The molecule has 0 radical (unpaired) electrons. The molecule has 0 aliphatic carbocycles. The van der Waals surface area contributed by atoms with E-state index in [9.17, 15) is 0 Å². The van der Waals surface area contributed by atoms with Crippen molar-refractivity contribution in [2.45, 2.75) is 0 Å². The highest BCUT2D eigenvalue weighted by molar-refractivity contribution is 8.16. The predicted octanol–water partition coefficient (Wildman–Crippen LogP) is 7.49. The van der Waals surface area contributed by atoms with E-state index in [1.54, 1.807) is 0 Å². The number of thioether (sulfide) groups is 1. The topological polar surface area (TPSA) is 92.2 Å². The Bertz CT molecular complexity index is 1840. The number of rotatable bonds is 8. The van der Waals surface area contributed by atoms with Gasteiger partial charge in [-0.25, -0.2) is 18.6 Å². The molecule has 5 aromatic rings. The number of hydrogen-bond acceptors (Lipinski definition) is 5. The number of allylic oxidation sites excluding steroid dienone is 9. The van der Waals surface area contributed by atoms with Crippen LogP contribution in [0.1, 0.15) is 16.7 Å². The van der Waals surface area contributed by atoms with Crippen molar-refractivity contribution in [2.24, 2.45) is 0 Å². The van der Waals surface area contributed by atoms with E-state index in [1.807, 2.05) is 23.1 Å². The summed E-state index contributed by atoms with van der Waals surface area (Å²) in [5.41, 5.74) is 7.32. The Morgan fingerprint density at radius 1 is 0.479 bits per heavy atom. The molecule has 0 fully saturated rings. The van der Waals surface area contributed by atoms with Crippen LogP contribution < -0.4 is 18.6 Å². The van der Waals surface area contributed by atoms with Gasteiger partial charge in [-0.15, -0.1) is 10.2 Å². The van der Waals surface area contributed by atoms with E-state index in [4.69, 9.17) is 18.6 Å². The molecule has 0 atom stereocenters. The summed E-state index contributed by atoms with van der Waals surface area (Å²) in [5.74, 6) is 0. The highest BCUT2D eigenvalue weighted by atomic mass is 35.7. The third-order valence-electron chi connectivity index (χ3n) is 6.89. The zero-order valence-electron chi connectivity index (χ0n) is 25.7. The van der Waals surface area contributed by atoms with E-state index in [0.717, 1.165) is 0 Å². The van der Waals surface area contributed by atoms with Crippen molar-refractivity contribution in [2.75, 3.05) is 0 Å². The maximum absolute atomic E-state index is 8.49. The fraction of sp³-hybridized carbons (Fsp3) is 0. The van der Waals surface area contributed by atoms with Crippen molar-refractivity contribution in [3.8, 4) is 20.9 Å². The summed E-state index contributed by atoms with van der Waals surface area (Å²) in [6.07, 6.45) is 19.4. The monoisotopic (exact) mass is 686 g/mol. The second-order valence-corrected chi connectivity index (χ2v) is 13.3. The Hall–Kier alpha value is -4.63. The van der Waals surface area contributed by atoms with Crippen molar-refractivity contribution in [3.05, 3.63) is 204 Å². The van der Waals surface area contributed by atoms with E-state index >= 15 is 0 Å². The standard InChI is InChI=1S/C41H31S2.ClHO4/c1(2-8-18-32-28-38(34-20-10-4-11-21-34)42-39(29-32)35-22-12-5-13-23-35)3-9-19-33-30-40(36-24-14-6-15-25-36)43-41(31-33)37-26-16-7-17-27-37;2-1(3,4)5/h1-31H;(H,2,3,4,5)/q+1;/p-1. The van der Waals surface area contributed by atoms with E-state index in [0.29, 0.717) is 0 Å². The lowest BCUT2D eigenvalue weighted by Crippen LogP contribution is -2.68. The highest BCUT2D eigenvalue weighted by Crippen LogP contribution is 2.43. The first kappa shape index (κ1) is 34.7. The summed E-state index contributed by atoms with van der Waals surface area (Å²) in [5, 5.41) is 0. The zero-order chi connectivity index (χ0) is 33.6. The van der Waals surface area contributed by atoms with Crippen LogP contribution in [0, 0.1) is 10.2 Å². The van der Waals surface area contributed by atoms with Gasteiger partial charge in [-0.3, -0.25) is 0 Å². The Morgan fingerprint density at radius 3 is 1.29 bits per heavy atom. The molecule has 0 unspecified atom stereocenters. The molecule has 1 aromatic heterocycles. The lowest BCUT2D eigenvalue weighted by atomic mass is 10.1. The second-order valence-electron chi connectivity index (χ2n) is 10.4. The summed E-state index contributed by atoms with van der Waals surface area (Å²) in [4.78, 5) is 5.03. The van der Waals surface area contributed by atoms with Crippen LogP contribution >= 0.6 is 23.1 Å². The highest BCUT2D eigenvalue weighted by Gasteiger charge is 2.17. The molecule has 4 aromatic carbocycles. The molecule has 0 saturated carbocycles. The predicted molar refractivity (Wildman–Crippen MR) is 191 cm³/mol. The molecule has 0 amide bonds. The van der Waals surface area contributed by atoms with Crippen LogP contribution in [0.4, 0.5) is 0 Å². The molecular weight excluding hydrogens is 656 g/mol. The molecule has 0 saturated heterocycles. The lowest BCUT2D eigenvalue weighted by molar-refractivity contribution is -2.00.